The Morgan fingerprint density at radius 2 is 1.79 bits per heavy atom. The van der Waals surface area contributed by atoms with Gasteiger partial charge in [0.1, 0.15) is 0 Å². The fourth-order valence-electron chi connectivity index (χ4n) is 3.91. The largest absolute Gasteiger partial charge is 0.356 e. The molecule has 0 radical (unpaired) electrons. The van der Waals surface area contributed by atoms with E-state index >= 15 is 0 Å². The van der Waals surface area contributed by atoms with Crippen LogP contribution in [0.1, 0.15) is 51.6 Å². The molecule has 0 atom stereocenters. The van der Waals surface area contributed by atoms with E-state index in [9.17, 15) is 0 Å². The smallest absolute Gasteiger partial charge is 0.191 e. The second kappa shape index (κ2) is 11.5. The van der Waals surface area contributed by atoms with Crippen molar-refractivity contribution in [2.75, 3.05) is 51.2 Å². The maximum atomic E-state index is 4.80. The highest BCUT2D eigenvalue weighted by atomic mass is 127. The fraction of sp³-hybridized carbons (Fsp3) is 0.800. The lowest BCUT2D eigenvalue weighted by atomic mass is 9.98. The van der Waals surface area contributed by atoms with E-state index in [1.807, 2.05) is 7.05 Å². The molecule has 160 valence electrons. The molecule has 8 heteroatoms. The summed E-state index contributed by atoms with van der Waals surface area (Å²) in [5.41, 5.74) is 1.33. The Labute approximate surface area is 191 Å². The van der Waals surface area contributed by atoms with Gasteiger partial charge >= 0.3 is 0 Å². The Morgan fingerprint density at radius 1 is 1.11 bits per heavy atom. The van der Waals surface area contributed by atoms with Crippen LogP contribution in [0.3, 0.4) is 0 Å². The minimum atomic E-state index is 0. The van der Waals surface area contributed by atoms with Gasteiger partial charge in [0.25, 0.3) is 0 Å². The highest BCUT2D eigenvalue weighted by molar-refractivity contribution is 14.0. The number of nitrogens with zero attached hydrogens (tertiary/aromatic N) is 4. The van der Waals surface area contributed by atoms with Crippen molar-refractivity contribution in [2.45, 2.75) is 57.9 Å². The first kappa shape index (κ1) is 23.7. The molecule has 3 heterocycles. The van der Waals surface area contributed by atoms with Crippen LogP contribution in [-0.2, 0) is 6.42 Å². The van der Waals surface area contributed by atoms with Crippen LogP contribution in [0, 0.1) is 0 Å². The molecule has 28 heavy (non-hydrogen) atoms. The molecule has 3 rings (SSSR count). The zero-order chi connectivity index (χ0) is 19.1. The lowest BCUT2D eigenvalue weighted by Crippen LogP contribution is -2.55. The molecule has 2 fully saturated rings. The highest BCUT2D eigenvalue weighted by Crippen LogP contribution is 2.24. The minimum absolute atomic E-state index is 0. The molecular formula is C20H37IN6S. The van der Waals surface area contributed by atoms with E-state index in [4.69, 9.17) is 4.98 Å². The number of thiazole rings is 1. The predicted octanol–water partition coefficient (Wildman–Crippen LogP) is 3.33. The van der Waals surface area contributed by atoms with E-state index in [0.717, 1.165) is 38.6 Å². The molecule has 1 aromatic rings. The van der Waals surface area contributed by atoms with Crippen molar-refractivity contribution in [3.8, 4) is 0 Å². The third-order valence-electron chi connectivity index (χ3n) is 5.71. The summed E-state index contributed by atoms with van der Waals surface area (Å²) in [7, 11) is 1.84. The number of halogens is 1. The number of piperidine rings is 1. The van der Waals surface area contributed by atoms with Gasteiger partial charge < -0.3 is 15.5 Å². The van der Waals surface area contributed by atoms with Gasteiger partial charge in [0.2, 0.25) is 0 Å². The number of aromatic nitrogens is 1. The second-order valence-corrected chi connectivity index (χ2v) is 9.11. The van der Waals surface area contributed by atoms with Gasteiger partial charge in [-0.1, -0.05) is 6.42 Å². The van der Waals surface area contributed by atoms with Gasteiger partial charge in [-0.3, -0.25) is 9.89 Å². The van der Waals surface area contributed by atoms with Crippen LogP contribution < -0.4 is 15.5 Å². The SMILES string of the molecule is CN=C(NCCc1csc(N2CCCC2)n1)NCC(C)(C)N1CCCCC1.I. The van der Waals surface area contributed by atoms with E-state index in [-0.39, 0.29) is 29.5 Å². The van der Waals surface area contributed by atoms with Crippen molar-refractivity contribution >= 4 is 46.4 Å². The molecule has 2 aliphatic rings. The molecule has 0 unspecified atom stereocenters. The molecule has 0 spiro atoms. The van der Waals surface area contributed by atoms with Crippen molar-refractivity contribution in [3.63, 3.8) is 0 Å². The molecule has 0 aromatic carbocycles. The summed E-state index contributed by atoms with van der Waals surface area (Å²) in [6.07, 6.45) is 7.55. The van der Waals surface area contributed by atoms with E-state index in [2.05, 4.69) is 44.7 Å². The predicted molar refractivity (Wildman–Crippen MR) is 132 cm³/mol. The quantitative estimate of drug-likeness (QED) is 0.328. The van der Waals surface area contributed by atoms with Gasteiger partial charge in [-0.05, 0) is 52.6 Å². The van der Waals surface area contributed by atoms with Crippen LogP contribution in [0.5, 0.6) is 0 Å². The number of nitrogens with one attached hydrogen (secondary N) is 2. The lowest BCUT2D eigenvalue weighted by molar-refractivity contribution is 0.0982. The number of rotatable bonds is 7. The maximum absolute atomic E-state index is 4.80. The number of hydrogen-bond donors (Lipinski definition) is 2. The average Bonchev–Trinajstić information content (AvgIpc) is 3.37. The second-order valence-electron chi connectivity index (χ2n) is 8.28. The molecule has 0 bridgehead atoms. The molecular weight excluding hydrogens is 483 g/mol. The van der Waals surface area contributed by atoms with Gasteiger partial charge in [0, 0.05) is 50.6 Å². The number of likely N-dealkylation sites (tertiary alicyclic amines) is 1. The van der Waals surface area contributed by atoms with Gasteiger partial charge in [0.15, 0.2) is 11.1 Å². The van der Waals surface area contributed by atoms with Crippen molar-refractivity contribution in [1.29, 1.82) is 0 Å². The number of anilines is 1. The van der Waals surface area contributed by atoms with Gasteiger partial charge in [-0.2, -0.15) is 0 Å². The molecule has 0 saturated carbocycles. The summed E-state index contributed by atoms with van der Waals surface area (Å²) >= 11 is 1.78. The molecule has 1 aromatic heterocycles. The van der Waals surface area contributed by atoms with Crippen molar-refractivity contribution in [3.05, 3.63) is 11.1 Å². The first-order chi connectivity index (χ1) is 13.1. The Hall–Kier alpha value is -0.610. The first-order valence-corrected chi connectivity index (χ1v) is 11.4. The normalized spacial score (nSPS) is 18.8. The average molecular weight is 521 g/mol. The standard InChI is InChI=1S/C20H36N6S.HI/c1-20(2,26-13-5-4-6-14-26)16-23-18(21-3)22-10-9-17-15-27-19(24-17)25-11-7-8-12-25;/h15H,4-14,16H2,1-3H3,(H2,21,22,23);1H. The zero-order valence-electron chi connectivity index (χ0n) is 17.7. The molecule has 6 nitrogen and oxygen atoms in total. The monoisotopic (exact) mass is 520 g/mol. The minimum Gasteiger partial charge on any atom is -0.356 e. The summed E-state index contributed by atoms with van der Waals surface area (Å²) < 4.78 is 0. The third kappa shape index (κ3) is 6.73. The summed E-state index contributed by atoms with van der Waals surface area (Å²) in [4.78, 5) is 14.2. The van der Waals surface area contributed by atoms with Gasteiger partial charge in [0.05, 0.1) is 5.69 Å². The lowest BCUT2D eigenvalue weighted by Gasteiger charge is -2.41. The Morgan fingerprint density at radius 3 is 2.46 bits per heavy atom. The van der Waals surface area contributed by atoms with Gasteiger partial charge in [-0.25, -0.2) is 4.98 Å². The van der Waals surface area contributed by atoms with E-state index in [1.165, 1.54) is 56.0 Å². The topological polar surface area (TPSA) is 55.8 Å². The highest BCUT2D eigenvalue weighted by Gasteiger charge is 2.27. The Bertz CT molecular complexity index is 606. The van der Waals surface area contributed by atoms with Crippen LogP contribution in [-0.4, -0.2) is 67.7 Å². The molecule has 2 saturated heterocycles. The van der Waals surface area contributed by atoms with Crippen LogP contribution >= 0.6 is 35.3 Å². The Balaban J connectivity index is 0.00000280. The van der Waals surface area contributed by atoms with E-state index in [1.54, 1.807) is 11.3 Å². The van der Waals surface area contributed by atoms with E-state index < -0.39 is 0 Å². The molecule has 0 aliphatic carbocycles. The third-order valence-corrected chi connectivity index (χ3v) is 6.66. The molecule has 2 aliphatic heterocycles. The van der Waals surface area contributed by atoms with Crippen molar-refractivity contribution in [2.24, 2.45) is 4.99 Å². The van der Waals surface area contributed by atoms with E-state index in [0.29, 0.717) is 0 Å². The Kier molecular flexibility index (Phi) is 9.76. The van der Waals surface area contributed by atoms with Crippen LogP contribution in [0.2, 0.25) is 0 Å². The summed E-state index contributed by atoms with van der Waals surface area (Å²) in [6.45, 7) is 11.2. The summed E-state index contributed by atoms with van der Waals surface area (Å²) in [5, 5.41) is 10.3. The number of hydrogen-bond acceptors (Lipinski definition) is 5. The fourth-order valence-corrected chi connectivity index (χ4v) is 4.82. The zero-order valence-corrected chi connectivity index (χ0v) is 20.8. The molecule has 2 N–H and O–H groups in total. The summed E-state index contributed by atoms with van der Waals surface area (Å²) in [6, 6.07) is 0. The van der Waals surface area contributed by atoms with Crippen molar-refractivity contribution < 1.29 is 0 Å². The van der Waals surface area contributed by atoms with Crippen molar-refractivity contribution in [1.82, 2.24) is 20.5 Å². The summed E-state index contributed by atoms with van der Waals surface area (Å²) in [5.74, 6) is 0.884. The van der Waals surface area contributed by atoms with Crippen LogP contribution in [0.4, 0.5) is 5.13 Å². The first-order valence-electron chi connectivity index (χ1n) is 10.5. The van der Waals surface area contributed by atoms with Crippen LogP contribution in [0.15, 0.2) is 10.4 Å². The number of aliphatic imine (C=N–C) groups is 1. The molecule has 0 amide bonds. The van der Waals surface area contributed by atoms with Crippen LogP contribution in [0.25, 0.3) is 0 Å². The maximum Gasteiger partial charge on any atom is 0.191 e. The number of guanidine groups is 1. The van der Waals surface area contributed by atoms with Gasteiger partial charge in [-0.15, -0.1) is 35.3 Å².